The number of benzene rings is 1. The number of phenols is 1. The number of hydrogen-bond acceptors (Lipinski definition) is 4. The molecular weight excluding hydrogens is 378 g/mol. The fraction of sp³-hybridized carbons (Fsp3) is 0.565. The first-order valence-electron chi connectivity index (χ1n) is 10.5. The van der Waals surface area contributed by atoms with Crippen molar-refractivity contribution in [2.24, 2.45) is 0 Å². The topological polar surface area (TPSA) is 58.9 Å². The van der Waals surface area contributed by atoms with Gasteiger partial charge in [0.1, 0.15) is 5.75 Å². The van der Waals surface area contributed by atoms with Gasteiger partial charge in [-0.25, -0.2) is 8.78 Å². The third kappa shape index (κ3) is 11.5. The van der Waals surface area contributed by atoms with Gasteiger partial charge in [0.2, 0.25) is 0 Å². The third-order valence-corrected chi connectivity index (χ3v) is 4.36. The van der Waals surface area contributed by atoms with Crippen molar-refractivity contribution in [1.82, 2.24) is 0 Å². The first-order valence-corrected chi connectivity index (χ1v) is 10.5. The van der Waals surface area contributed by atoms with Crippen LogP contribution in [0.4, 0.5) is 8.78 Å². The number of aliphatic hydroxyl groups is 1. The third-order valence-electron chi connectivity index (χ3n) is 4.36. The van der Waals surface area contributed by atoms with E-state index in [1.54, 1.807) is 6.08 Å². The van der Waals surface area contributed by atoms with Gasteiger partial charge < -0.3 is 19.7 Å². The SMILES string of the molecule is CC/C=C(OCCCCCCCCCCOc1ccc(O)cc1F)\C(F)=C/CO. The molecule has 2 N–H and O–H groups in total. The summed E-state index contributed by atoms with van der Waals surface area (Å²) in [6.07, 6.45) is 11.8. The maximum absolute atomic E-state index is 13.7. The number of ether oxygens (including phenoxy) is 2. The molecule has 0 aliphatic carbocycles. The zero-order valence-electron chi connectivity index (χ0n) is 17.3. The molecule has 0 saturated carbocycles. The Morgan fingerprint density at radius 3 is 2.17 bits per heavy atom. The van der Waals surface area contributed by atoms with Crippen LogP contribution in [0.3, 0.4) is 0 Å². The first kappa shape index (κ1) is 25.0. The predicted molar refractivity (Wildman–Crippen MR) is 111 cm³/mol. The Labute approximate surface area is 172 Å². The zero-order chi connectivity index (χ0) is 21.3. The Balaban J connectivity index is 1.98. The van der Waals surface area contributed by atoms with Crippen LogP contribution in [0.5, 0.6) is 11.5 Å². The lowest BCUT2D eigenvalue weighted by Gasteiger charge is -2.09. The Bertz CT molecular complexity index is 629. The number of halogens is 2. The van der Waals surface area contributed by atoms with Crippen LogP contribution < -0.4 is 4.74 Å². The van der Waals surface area contributed by atoms with E-state index in [9.17, 15) is 8.78 Å². The number of aromatic hydroxyl groups is 1. The summed E-state index contributed by atoms with van der Waals surface area (Å²) in [7, 11) is 0. The van der Waals surface area contributed by atoms with Crippen molar-refractivity contribution in [3.8, 4) is 11.5 Å². The van der Waals surface area contributed by atoms with Crippen LogP contribution >= 0.6 is 0 Å². The minimum Gasteiger partial charge on any atom is -0.508 e. The number of unbranched alkanes of at least 4 members (excludes halogenated alkanes) is 7. The number of hydrogen-bond donors (Lipinski definition) is 2. The standard InChI is InChI=1S/C23H34F2O4/c1-2-11-22(20(24)14-15-26)28-16-9-7-5-3-4-6-8-10-17-29-23-13-12-19(27)18-21(23)25/h11-14,18,26-27H,2-10,15-17H2,1H3/b20-14+,22-11+. The largest absolute Gasteiger partial charge is 0.508 e. The van der Waals surface area contributed by atoms with Gasteiger partial charge in [0.05, 0.1) is 19.8 Å². The molecule has 0 aliphatic heterocycles. The van der Waals surface area contributed by atoms with Gasteiger partial charge in [-0.05, 0) is 43.5 Å². The highest BCUT2D eigenvalue weighted by molar-refractivity contribution is 5.32. The van der Waals surface area contributed by atoms with Gasteiger partial charge in [-0.2, -0.15) is 0 Å². The molecule has 0 radical (unpaired) electrons. The predicted octanol–water partition coefficient (Wildman–Crippen LogP) is 6.19. The van der Waals surface area contributed by atoms with E-state index in [0.717, 1.165) is 63.5 Å². The van der Waals surface area contributed by atoms with Gasteiger partial charge in [0, 0.05) is 6.07 Å². The average Bonchev–Trinajstić information content (AvgIpc) is 2.69. The normalized spacial score (nSPS) is 12.3. The molecule has 0 unspecified atom stereocenters. The number of rotatable bonds is 16. The molecule has 0 fully saturated rings. The molecule has 0 amide bonds. The number of aliphatic hydroxyl groups excluding tert-OH is 1. The fourth-order valence-electron chi connectivity index (χ4n) is 2.83. The Morgan fingerprint density at radius 2 is 1.59 bits per heavy atom. The fourth-order valence-corrected chi connectivity index (χ4v) is 2.83. The molecule has 164 valence electrons. The van der Waals surface area contributed by atoms with E-state index >= 15 is 0 Å². The molecule has 29 heavy (non-hydrogen) atoms. The van der Waals surface area contributed by atoms with Gasteiger partial charge in [-0.15, -0.1) is 0 Å². The highest BCUT2D eigenvalue weighted by Crippen LogP contribution is 2.22. The average molecular weight is 413 g/mol. The molecule has 1 aromatic rings. The summed E-state index contributed by atoms with van der Waals surface area (Å²) in [5.41, 5.74) is 0. The molecule has 0 heterocycles. The summed E-state index contributed by atoms with van der Waals surface area (Å²) in [4.78, 5) is 0. The van der Waals surface area contributed by atoms with Gasteiger partial charge in [0.15, 0.2) is 23.2 Å². The van der Waals surface area contributed by atoms with Crippen molar-refractivity contribution < 1.29 is 28.5 Å². The van der Waals surface area contributed by atoms with E-state index in [-0.39, 0.29) is 23.9 Å². The number of allylic oxidation sites excluding steroid dienone is 2. The summed E-state index contributed by atoms with van der Waals surface area (Å²) >= 11 is 0. The van der Waals surface area contributed by atoms with Crippen LogP contribution in [-0.2, 0) is 4.74 Å². The molecule has 1 rings (SSSR count). The summed E-state index contributed by atoms with van der Waals surface area (Å²) in [5, 5.41) is 17.9. The molecular formula is C23H34F2O4. The Hall–Kier alpha value is -2.08. The second-order valence-electron chi connectivity index (χ2n) is 6.85. The summed E-state index contributed by atoms with van der Waals surface area (Å²) in [5.74, 6) is -0.764. The van der Waals surface area contributed by atoms with Crippen molar-refractivity contribution in [3.05, 3.63) is 47.8 Å². The summed E-state index contributed by atoms with van der Waals surface area (Å²) in [6.45, 7) is 2.51. The molecule has 0 atom stereocenters. The molecule has 1 aromatic carbocycles. The van der Waals surface area contributed by atoms with Gasteiger partial charge >= 0.3 is 0 Å². The highest BCUT2D eigenvalue weighted by Gasteiger charge is 2.05. The molecule has 0 aromatic heterocycles. The molecule has 0 saturated heterocycles. The van der Waals surface area contributed by atoms with Crippen LogP contribution in [0.2, 0.25) is 0 Å². The van der Waals surface area contributed by atoms with Crippen LogP contribution in [-0.4, -0.2) is 30.0 Å². The van der Waals surface area contributed by atoms with Crippen LogP contribution in [0.15, 0.2) is 41.9 Å². The van der Waals surface area contributed by atoms with Crippen LogP contribution in [0.1, 0.15) is 64.7 Å². The molecule has 4 nitrogen and oxygen atoms in total. The monoisotopic (exact) mass is 412 g/mol. The lowest BCUT2D eigenvalue weighted by Crippen LogP contribution is -1.99. The quantitative estimate of drug-likeness (QED) is 0.193. The maximum atomic E-state index is 13.7. The van der Waals surface area contributed by atoms with E-state index in [1.807, 2.05) is 6.92 Å². The van der Waals surface area contributed by atoms with E-state index < -0.39 is 11.6 Å². The van der Waals surface area contributed by atoms with Crippen LogP contribution in [0, 0.1) is 5.82 Å². The number of phenolic OH excluding ortho intramolecular Hbond substituents is 1. The molecule has 6 heteroatoms. The van der Waals surface area contributed by atoms with Crippen molar-refractivity contribution >= 4 is 0 Å². The maximum Gasteiger partial charge on any atom is 0.168 e. The molecule has 0 bridgehead atoms. The Morgan fingerprint density at radius 1 is 0.966 bits per heavy atom. The van der Waals surface area contributed by atoms with Crippen molar-refractivity contribution in [2.75, 3.05) is 19.8 Å². The summed E-state index contributed by atoms with van der Waals surface area (Å²) < 4.78 is 38.0. The smallest absolute Gasteiger partial charge is 0.168 e. The first-order chi connectivity index (χ1) is 14.1. The highest BCUT2D eigenvalue weighted by atomic mass is 19.1. The van der Waals surface area contributed by atoms with Crippen LogP contribution in [0.25, 0.3) is 0 Å². The van der Waals surface area contributed by atoms with E-state index in [2.05, 4.69) is 0 Å². The summed E-state index contributed by atoms with van der Waals surface area (Å²) in [6, 6.07) is 3.89. The molecule has 0 spiro atoms. The second-order valence-corrected chi connectivity index (χ2v) is 6.85. The minimum atomic E-state index is -0.543. The lowest BCUT2D eigenvalue weighted by molar-refractivity contribution is 0.199. The van der Waals surface area contributed by atoms with Crippen molar-refractivity contribution in [3.63, 3.8) is 0 Å². The minimum absolute atomic E-state index is 0.107. The zero-order valence-corrected chi connectivity index (χ0v) is 17.3. The second kappa shape index (κ2) is 15.8. The van der Waals surface area contributed by atoms with E-state index in [1.165, 1.54) is 12.1 Å². The van der Waals surface area contributed by atoms with Gasteiger partial charge in [-0.1, -0.05) is 45.4 Å². The van der Waals surface area contributed by atoms with Crippen molar-refractivity contribution in [1.29, 1.82) is 0 Å². The lowest BCUT2D eigenvalue weighted by atomic mass is 10.1. The van der Waals surface area contributed by atoms with Gasteiger partial charge in [-0.3, -0.25) is 0 Å². The van der Waals surface area contributed by atoms with E-state index in [0.29, 0.717) is 19.6 Å². The van der Waals surface area contributed by atoms with E-state index in [4.69, 9.17) is 19.7 Å². The molecule has 0 aliphatic rings. The van der Waals surface area contributed by atoms with Crippen molar-refractivity contribution in [2.45, 2.75) is 64.7 Å². The van der Waals surface area contributed by atoms with Gasteiger partial charge in [0.25, 0.3) is 0 Å². The Kier molecular flexibility index (Phi) is 13.6.